The Morgan fingerprint density at radius 3 is 2.27 bits per heavy atom. The summed E-state index contributed by atoms with van der Waals surface area (Å²) in [6, 6.07) is 0. The van der Waals surface area contributed by atoms with Crippen LogP contribution >= 0.6 is 0 Å². The quantitative estimate of drug-likeness (QED) is 0.658. The summed E-state index contributed by atoms with van der Waals surface area (Å²) in [7, 11) is 0. The number of hydrogen-bond donors (Lipinski definition) is 1. The summed E-state index contributed by atoms with van der Waals surface area (Å²) in [6.07, 6.45) is 2.27. The van der Waals surface area contributed by atoms with Gasteiger partial charge in [-0.05, 0) is 11.8 Å². The van der Waals surface area contributed by atoms with Gasteiger partial charge in [-0.2, -0.15) is 0 Å². The highest BCUT2D eigenvalue weighted by molar-refractivity contribution is 4.91. The topological polar surface area (TPSA) is 12.0 Å². The minimum atomic E-state index is 0.358. The van der Waals surface area contributed by atoms with Crippen LogP contribution in [0.2, 0.25) is 0 Å². The molecule has 1 N–H and O–H groups in total. The van der Waals surface area contributed by atoms with Crippen LogP contribution in [0.3, 0.4) is 0 Å². The van der Waals surface area contributed by atoms with Crippen molar-refractivity contribution in [2.45, 2.75) is 40.5 Å². The summed E-state index contributed by atoms with van der Waals surface area (Å²) in [5.41, 5.74) is 1.53. The van der Waals surface area contributed by atoms with Gasteiger partial charge in [0.15, 0.2) is 0 Å². The van der Waals surface area contributed by atoms with Crippen LogP contribution in [0.4, 0.5) is 0 Å². The van der Waals surface area contributed by atoms with Crippen LogP contribution in [0.25, 0.3) is 0 Å². The highest BCUT2D eigenvalue weighted by Gasteiger charge is 2.08. The molecule has 11 heavy (non-hydrogen) atoms. The molecule has 0 saturated carbocycles. The molecular formula is C10H21N. The van der Waals surface area contributed by atoms with Gasteiger partial charge in [-0.25, -0.2) is 0 Å². The van der Waals surface area contributed by atoms with Gasteiger partial charge in [-0.15, -0.1) is 0 Å². The molecule has 1 nitrogen and oxygen atoms in total. The van der Waals surface area contributed by atoms with Crippen molar-refractivity contribution in [1.82, 2.24) is 5.32 Å². The van der Waals surface area contributed by atoms with E-state index in [1.807, 2.05) is 0 Å². The molecular weight excluding hydrogens is 134 g/mol. The van der Waals surface area contributed by atoms with Gasteiger partial charge in [0.25, 0.3) is 0 Å². The summed E-state index contributed by atoms with van der Waals surface area (Å²) in [4.78, 5) is 0. The van der Waals surface area contributed by atoms with Gasteiger partial charge < -0.3 is 5.32 Å². The van der Waals surface area contributed by atoms with Crippen LogP contribution in [-0.2, 0) is 0 Å². The fraction of sp³-hybridized carbons (Fsp3) is 0.800. The molecule has 1 heteroatoms. The van der Waals surface area contributed by atoms with Crippen LogP contribution in [0.5, 0.6) is 0 Å². The van der Waals surface area contributed by atoms with Crippen molar-refractivity contribution in [2.24, 2.45) is 5.41 Å². The number of allylic oxidation sites excluding steroid dienone is 1. The van der Waals surface area contributed by atoms with E-state index in [0.717, 1.165) is 13.0 Å². The summed E-state index contributed by atoms with van der Waals surface area (Å²) >= 11 is 0. The van der Waals surface area contributed by atoms with Gasteiger partial charge in [-0.1, -0.05) is 40.7 Å². The van der Waals surface area contributed by atoms with Crippen molar-refractivity contribution in [2.75, 3.05) is 6.54 Å². The number of hydrogen-bond acceptors (Lipinski definition) is 1. The van der Waals surface area contributed by atoms with Crippen LogP contribution in [-0.4, -0.2) is 6.54 Å². The van der Waals surface area contributed by atoms with E-state index in [-0.39, 0.29) is 0 Å². The second-order valence-corrected chi connectivity index (χ2v) is 4.27. The molecule has 0 rings (SSSR count). The molecule has 0 spiro atoms. The fourth-order valence-corrected chi connectivity index (χ4v) is 0.780. The molecule has 0 aliphatic heterocycles. The number of rotatable bonds is 4. The molecule has 0 fully saturated rings. The Morgan fingerprint density at radius 2 is 1.91 bits per heavy atom. The van der Waals surface area contributed by atoms with Gasteiger partial charge in [0.2, 0.25) is 0 Å². The Morgan fingerprint density at radius 1 is 1.36 bits per heavy atom. The zero-order valence-electron chi connectivity index (χ0n) is 8.33. The van der Waals surface area contributed by atoms with E-state index in [0.29, 0.717) is 5.41 Å². The molecule has 0 heterocycles. The molecule has 0 aromatic carbocycles. The standard InChI is InChI=1S/C10H21N/c1-6-7-9(2)11-8-10(3,4)5/h11H,2,6-8H2,1,3-5H3. The Bertz CT molecular complexity index is 119. The van der Waals surface area contributed by atoms with Gasteiger partial charge in [0, 0.05) is 12.2 Å². The highest BCUT2D eigenvalue weighted by atomic mass is 14.9. The zero-order chi connectivity index (χ0) is 8.91. The molecule has 0 aromatic rings. The van der Waals surface area contributed by atoms with E-state index in [1.165, 1.54) is 12.1 Å². The second-order valence-electron chi connectivity index (χ2n) is 4.27. The largest absolute Gasteiger partial charge is 0.388 e. The van der Waals surface area contributed by atoms with Gasteiger partial charge in [0.1, 0.15) is 0 Å². The Hall–Kier alpha value is -0.460. The lowest BCUT2D eigenvalue weighted by molar-refractivity contribution is 0.394. The molecule has 66 valence electrons. The van der Waals surface area contributed by atoms with E-state index in [2.05, 4.69) is 39.6 Å². The molecule has 0 amide bonds. The lowest BCUT2D eigenvalue weighted by Crippen LogP contribution is -2.25. The molecule has 0 radical (unpaired) electrons. The first-order valence-corrected chi connectivity index (χ1v) is 4.37. The maximum atomic E-state index is 3.94. The van der Waals surface area contributed by atoms with E-state index in [1.54, 1.807) is 0 Å². The molecule has 0 aromatic heterocycles. The lowest BCUT2D eigenvalue weighted by atomic mass is 9.97. The summed E-state index contributed by atoms with van der Waals surface area (Å²) in [5.74, 6) is 0. The average molecular weight is 155 g/mol. The minimum absolute atomic E-state index is 0.358. The van der Waals surface area contributed by atoms with E-state index in [4.69, 9.17) is 0 Å². The molecule has 0 bridgehead atoms. The average Bonchev–Trinajstić information content (AvgIpc) is 1.83. The van der Waals surface area contributed by atoms with Crippen molar-refractivity contribution in [3.8, 4) is 0 Å². The molecule has 0 saturated heterocycles. The van der Waals surface area contributed by atoms with Crippen LogP contribution in [0.1, 0.15) is 40.5 Å². The van der Waals surface area contributed by atoms with Gasteiger partial charge in [-0.3, -0.25) is 0 Å². The predicted molar refractivity (Wildman–Crippen MR) is 51.5 cm³/mol. The maximum absolute atomic E-state index is 3.94. The monoisotopic (exact) mass is 155 g/mol. The smallest absolute Gasteiger partial charge is 0.0192 e. The van der Waals surface area contributed by atoms with Crippen molar-refractivity contribution in [3.63, 3.8) is 0 Å². The first-order chi connectivity index (χ1) is 4.95. The predicted octanol–water partition coefficient (Wildman–Crippen LogP) is 2.94. The Balaban J connectivity index is 3.46. The third-order valence-corrected chi connectivity index (χ3v) is 1.42. The van der Waals surface area contributed by atoms with Crippen molar-refractivity contribution >= 4 is 0 Å². The molecule has 0 atom stereocenters. The summed E-state index contributed by atoms with van der Waals surface area (Å²) in [6.45, 7) is 13.8. The Kier molecular flexibility index (Phi) is 4.24. The van der Waals surface area contributed by atoms with Gasteiger partial charge in [0.05, 0.1) is 0 Å². The van der Waals surface area contributed by atoms with Crippen molar-refractivity contribution in [1.29, 1.82) is 0 Å². The molecule has 0 aliphatic carbocycles. The number of nitrogens with one attached hydrogen (secondary N) is 1. The van der Waals surface area contributed by atoms with Crippen LogP contribution in [0.15, 0.2) is 12.3 Å². The maximum Gasteiger partial charge on any atom is 0.0192 e. The van der Waals surface area contributed by atoms with E-state index >= 15 is 0 Å². The van der Waals surface area contributed by atoms with Crippen molar-refractivity contribution < 1.29 is 0 Å². The van der Waals surface area contributed by atoms with Crippen LogP contribution < -0.4 is 5.32 Å². The summed E-state index contributed by atoms with van der Waals surface area (Å²) < 4.78 is 0. The Labute approximate surface area is 70.9 Å². The normalized spacial score (nSPS) is 11.3. The van der Waals surface area contributed by atoms with Crippen LogP contribution in [0, 0.1) is 5.41 Å². The first-order valence-electron chi connectivity index (χ1n) is 4.37. The van der Waals surface area contributed by atoms with E-state index in [9.17, 15) is 0 Å². The lowest BCUT2D eigenvalue weighted by Gasteiger charge is -2.20. The third kappa shape index (κ3) is 7.44. The third-order valence-electron chi connectivity index (χ3n) is 1.42. The van der Waals surface area contributed by atoms with E-state index < -0.39 is 0 Å². The highest BCUT2D eigenvalue weighted by Crippen LogP contribution is 2.11. The molecule has 0 unspecified atom stereocenters. The fourth-order valence-electron chi connectivity index (χ4n) is 0.780. The van der Waals surface area contributed by atoms with Gasteiger partial charge >= 0.3 is 0 Å². The zero-order valence-corrected chi connectivity index (χ0v) is 8.33. The minimum Gasteiger partial charge on any atom is -0.388 e. The van der Waals surface area contributed by atoms with Crippen molar-refractivity contribution in [3.05, 3.63) is 12.3 Å². The molecule has 0 aliphatic rings. The first kappa shape index (κ1) is 10.5. The SMILES string of the molecule is C=C(CCC)NCC(C)(C)C. The second kappa shape index (κ2) is 4.42. The summed E-state index contributed by atoms with van der Waals surface area (Å²) in [5, 5.41) is 3.33.